The molecule has 0 unspecified atom stereocenters. The number of methoxy groups -OCH3 is 1. The van der Waals surface area contributed by atoms with Gasteiger partial charge in [-0.3, -0.25) is 0 Å². The maximum atomic E-state index is 10.9. The summed E-state index contributed by atoms with van der Waals surface area (Å²) in [5.74, 6) is -0.122. The highest BCUT2D eigenvalue weighted by atomic mass is 16.5. The molecule has 0 aliphatic heterocycles. The Hall–Kier alpha value is -1.77. The molecule has 80 valence electrons. The van der Waals surface area contributed by atoms with Crippen LogP contribution in [-0.2, 0) is 9.53 Å². The molecule has 0 fully saturated rings. The van der Waals surface area contributed by atoms with Crippen LogP contribution in [0.2, 0.25) is 0 Å². The Morgan fingerprint density at radius 1 is 1.33 bits per heavy atom. The summed E-state index contributed by atoms with van der Waals surface area (Å²) in [4.78, 5) is 10.9. The van der Waals surface area contributed by atoms with Crippen molar-refractivity contribution < 1.29 is 14.6 Å². The van der Waals surface area contributed by atoms with E-state index in [9.17, 15) is 9.90 Å². The van der Waals surface area contributed by atoms with Crippen LogP contribution in [0.25, 0.3) is 6.08 Å². The molecule has 0 radical (unpaired) electrons. The summed E-state index contributed by atoms with van der Waals surface area (Å²) in [5, 5.41) is 9.43. The summed E-state index contributed by atoms with van der Waals surface area (Å²) < 4.78 is 4.49. The lowest BCUT2D eigenvalue weighted by Gasteiger charge is -2.06. The second-order valence-electron chi connectivity index (χ2n) is 3.28. The van der Waals surface area contributed by atoms with Crippen LogP contribution < -0.4 is 0 Å². The molecular weight excluding hydrogens is 192 g/mol. The lowest BCUT2D eigenvalue weighted by atomic mass is 10.0. The van der Waals surface area contributed by atoms with Gasteiger partial charge in [-0.15, -0.1) is 0 Å². The molecule has 1 aromatic rings. The summed E-state index contributed by atoms with van der Waals surface area (Å²) in [6.07, 6.45) is 3.03. The molecule has 0 heterocycles. The van der Waals surface area contributed by atoms with Gasteiger partial charge in [-0.05, 0) is 42.7 Å². The van der Waals surface area contributed by atoms with E-state index in [4.69, 9.17) is 0 Å². The molecule has 0 bridgehead atoms. The number of esters is 1. The van der Waals surface area contributed by atoms with E-state index < -0.39 is 0 Å². The van der Waals surface area contributed by atoms with Crippen LogP contribution in [0.1, 0.15) is 16.7 Å². The van der Waals surface area contributed by atoms with Crippen molar-refractivity contribution in [2.75, 3.05) is 7.11 Å². The van der Waals surface area contributed by atoms with Gasteiger partial charge in [0.05, 0.1) is 7.11 Å². The lowest BCUT2D eigenvalue weighted by Crippen LogP contribution is -1.94. The summed E-state index contributed by atoms with van der Waals surface area (Å²) in [6, 6.07) is 3.37. The quantitative estimate of drug-likeness (QED) is 0.596. The normalized spacial score (nSPS) is 10.6. The third kappa shape index (κ3) is 2.59. The summed E-state index contributed by atoms with van der Waals surface area (Å²) in [7, 11) is 1.33. The van der Waals surface area contributed by atoms with E-state index in [2.05, 4.69) is 4.74 Å². The Labute approximate surface area is 89.0 Å². The average molecular weight is 206 g/mol. The number of hydrogen-bond acceptors (Lipinski definition) is 3. The van der Waals surface area contributed by atoms with Gasteiger partial charge in [0.15, 0.2) is 0 Å². The van der Waals surface area contributed by atoms with Crippen LogP contribution in [0.3, 0.4) is 0 Å². The van der Waals surface area contributed by atoms with Gasteiger partial charge >= 0.3 is 5.97 Å². The van der Waals surface area contributed by atoms with Crippen molar-refractivity contribution in [1.29, 1.82) is 0 Å². The minimum Gasteiger partial charge on any atom is -0.508 e. The summed E-state index contributed by atoms with van der Waals surface area (Å²) >= 11 is 0. The maximum Gasteiger partial charge on any atom is 0.330 e. The fourth-order valence-corrected chi connectivity index (χ4v) is 1.23. The minimum absolute atomic E-state index is 0.266. The van der Waals surface area contributed by atoms with Crippen LogP contribution in [0, 0.1) is 13.8 Å². The number of carbonyl (C=O) groups is 1. The van der Waals surface area contributed by atoms with E-state index in [1.165, 1.54) is 13.2 Å². The maximum absolute atomic E-state index is 10.9. The first-order chi connectivity index (χ1) is 7.06. The van der Waals surface area contributed by atoms with Gasteiger partial charge in [-0.25, -0.2) is 4.79 Å². The van der Waals surface area contributed by atoms with E-state index in [1.807, 2.05) is 13.8 Å². The highest BCUT2D eigenvalue weighted by Crippen LogP contribution is 2.23. The second kappa shape index (κ2) is 4.64. The predicted octanol–water partition coefficient (Wildman–Crippen LogP) is 2.20. The van der Waals surface area contributed by atoms with E-state index in [-0.39, 0.29) is 11.7 Å². The van der Waals surface area contributed by atoms with Crippen molar-refractivity contribution in [2.24, 2.45) is 0 Å². The van der Waals surface area contributed by atoms with Crippen LogP contribution in [0.15, 0.2) is 18.2 Å². The molecule has 0 amide bonds. The number of phenols is 1. The third-order valence-electron chi connectivity index (χ3n) is 2.40. The van der Waals surface area contributed by atoms with E-state index in [0.717, 1.165) is 16.7 Å². The van der Waals surface area contributed by atoms with E-state index >= 15 is 0 Å². The summed E-state index contributed by atoms with van der Waals surface area (Å²) in [6.45, 7) is 3.73. The number of ether oxygens (including phenoxy) is 1. The predicted molar refractivity (Wildman–Crippen MR) is 58.6 cm³/mol. The number of benzene rings is 1. The van der Waals surface area contributed by atoms with Gasteiger partial charge in [-0.2, -0.15) is 0 Å². The molecule has 3 nitrogen and oxygen atoms in total. The van der Waals surface area contributed by atoms with Gasteiger partial charge < -0.3 is 9.84 Å². The Balaban J connectivity index is 3.02. The first-order valence-electron chi connectivity index (χ1n) is 4.61. The Kier molecular flexibility index (Phi) is 3.50. The molecule has 0 aliphatic carbocycles. The highest BCUT2D eigenvalue weighted by molar-refractivity contribution is 5.87. The molecule has 0 atom stereocenters. The van der Waals surface area contributed by atoms with Gasteiger partial charge in [-0.1, -0.05) is 6.07 Å². The van der Waals surface area contributed by atoms with Crippen molar-refractivity contribution in [3.8, 4) is 5.75 Å². The standard InChI is InChI=1S/C12H14O3/c1-8-9(2)11(13)6-4-10(8)5-7-12(14)15-3/h4-7,13H,1-3H3. The zero-order valence-corrected chi connectivity index (χ0v) is 9.07. The average Bonchev–Trinajstić information content (AvgIpc) is 2.24. The van der Waals surface area contributed by atoms with Crippen LogP contribution >= 0.6 is 0 Å². The lowest BCUT2D eigenvalue weighted by molar-refractivity contribution is -0.134. The zero-order valence-electron chi connectivity index (χ0n) is 9.07. The molecule has 1 N–H and O–H groups in total. The number of aromatic hydroxyl groups is 1. The van der Waals surface area contributed by atoms with Crippen LogP contribution in [-0.4, -0.2) is 18.2 Å². The SMILES string of the molecule is COC(=O)C=Cc1ccc(O)c(C)c1C. The van der Waals surface area contributed by atoms with Crippen molar-refractivity contribution in [3.05, 3.63) is 34.9 Å². The van der Waals surface area contributed by atoms with Crippen LogP contribution in [0.5, 0.6) is 5.75 Å². The Morgan fingerprint density at radius 3 is 2.60 bits per heavy atom. The van der Waals surface area contributed by atoms with Crippen molar-refractivity contribution in [2.45, 2.75) is 13.8 Å². The highest BCUT2D eigenvalue weighted by Gasteiger charge is 2.03. The molecule has 0 saturated carbocycles. The van der Waals surface area contributed by atoms with E-state index in [1.54, 1.807) is 18.2 Å². The first-order valence-corrected chi connectivity index (χ1v) is 4.61. The molecular formula is C12H14O3. The molecule has 1 rings (SSSR count). The fourth-order valence-electron chi connectivity index (χ4n) is 1.23. The Morgan fingerprint density at radius 2 is 2.00 bits per heavy atom. The molecule has 1 aromatic carbocycles. The zero-order chi connectivity index (χ0) is 11.4. The fraction of sp³-hybridized carbons (Fsp3) is 0.250. The van der Waals surface area contributed by atoms with Crippen molar-refractivity contribution in [1.82, 2.24) is 0 Å². The number of carbonyl (C=O) groups excluding carboxylic acids is 1. The third-order valence-corrected chi connectivity index (χ3v) is 2.40. The monoisotopic (exact) mass is 206 g/mol. The van der Waals surface area contributed by atoms with Crippen molar-refractivity contribution in [3.63, 3.8) is 0 Å². The molecule has 3 heteroatoms. The smallest absolute Gasteiger partial charge is 0.330 e. The van der Waals surface area contributed by atoms with Crippen molar-refractivity contribution >= 4 is 12.0 Å². The molecule has 15 heavy (non-hydrogen) atoms. The topological polar surface area (TPSA) is 46.5 Å². The number of phenolic OH excluding ortho intramolecular Hbond substituents is 1. The van der Waals surface area contributed by atoms with Gasteiger partial charge in [0.1, 0.15) is 5.75 Å². The van der Waals surface area contributed by atoms with Gasteiger partial charge in [0.25, 0.3) is 0 Å². The largest absolute Gasteiger partial charge is 0.508 e. The summed E-state index contributed by atoms with van der Waals surface area (Å²) in [5.41, 5.74) is 2.67. The minimum atomic E-state index is -0.389. The molecule has 0 saturated heterocycles. The number of hydrogen-bond donors (Lipinski definition) is 1. The molecule has 0 aliphatic rings. The Bertz CT molecular complexity index is 406. The number of rotatable bonds is 2. The second-order valence-corrected chi connectivity index (χ2v) is 3.28. The molecule has 0 aromatic heterocycles. The van der Waals surface area contributed by atoms with Gasteiger partial charge in [0.2, 0.25) is 0 Å². The molecule has 0 spiro atoms. The van der Waals surface area contributed by atoms with Crippen LogP contribution in [0.4, 0.5) is 0 Å². The van der Waals surface area contributed by atoms with E-state index in [0.29, 0.717) is 0 Å². The van der Waals surface area contributed by atoms with Gasteiger partial charge in [0, 0.05) is 6.08 Å². The first kappa shape index (κ1) is 11.3.